The Morgan fingerprint density at radius 2 is 1.89 bits per heavy atom. The van der Waals surface area contributed by atoms with E-state index in [4.69, 9.17) is 21.9 Å². The summed E-state index contributed by atoms with van der Waals surface area (Å²) in [5.74, 6) is 1.86. The molecule has 1 aromatic carbocycles. The minimum Gasteiger partial charge on any atom is -0.494 e. The number of pyridine rings is 1. The molecule has 28 heavy (non-hydrogen) atoms. The van der Waals surface area contributed by atoms with Crippen LogP contribution in [0.25, 0.3) is 10.9 Å². The zero-order valence-corrected chi connectivity index (χ0v) is 17.7. The maximum atomic E-state index is 5.69. The Hall–Kier alpha value is -2.08. The van der Waals surface area contributed by atoms with Crippen molar-refractivity contribution in [3.63, 3.8) is 0 Å². The summed E-state index contributed by atoms with van der Waals surface area (Å²) in [6, 6.07) is 8.87. The molecule has 1 N–H and O–H groups in total. The molecule has 0 spiro atoms. The first-order valence-corrected chi connectivity index (χ1v) is 10.8. The number of anilines is 1. The van der Waals surface area contributed by atoms with Crippen LogP contribution in [0, 0.1) is 6.92 Å². The van der Waals surface area contributed by atoms with E-state index >= 15 is 0 Å². The van der Waals surface area contributed by atoms with E-state index in [1.165, 1.54) is 37.7 Å². The number of hydrogen-bond acceptors (Lipinski definition) is 4. The van der Waals surface area contributed by atoms with Crippen LogP contribution < -0.4 is 15.0 Å². The zero-order valence-electron chi connectivity index (χ0n) is 16.9. The van der Waals surface area contributed by atoms with Crippen LogP contribution in [0.4, 0.5) is 5.82 Å². The number of nitrogens with zero attached hydrogens (tertiary/aromatic N) is 3. The standard InChI is InChI=1S/C22H30N4OS/c1-16-15-20(24-21-18(16)9-6-10-19(21)27-2)25-11-13-26(14-12-25)22(28)23-17-7-4-3-5-8-17/h6,9-10,15,17H,3-5,7-8,11-14H2,1-2H3,(H,23,28). The third kappa shape index (κ3) is 4.02. The number of para-hydroxylation sites is 1. The number of aromatic nitrogens is 1. The van der Waals surface area contributed by atoms with Gasteiger partial charge >= 0.3 is 0 Å². The number of hydrogen-bond donors (Lipinski definition) is 1. The predicted octanol–water partition coefficient (Wildman–Crippen LogP) is 3.88. The number of aryl methyl sites for hydroxylation is 1. The van der Waals surface area contributed by atoms with Gasteiger partial charge < -0.3 is 19.9 Å². The lowest BCUT2D eigenvalue weighted by atomic mass is 9.96. The van der Waals surface area contributed by atoms with Crippen molar-refractivity contribution in [2.24, 2.45) is 0 Å². The smallest absolute Gasteiger partial charge is 0.169 e. The van der Waals surface area contributed by atoms with E-state index in [9.17, 15) is 0 Å². The summed E-state index contributed by atoms with van der Waals surface area (Å²) in [6.07, 6.45) is 6.52. The fraction of sp³-hybridized carbons (Fsp3) is 0.545. The van der Waals surface area contributed by atoms with Gasteiger partial charge in [0.05, 0.1) is 7.11 Å². The monoisotopic (exact) mass is 398 g/mol. The molecule has 1 saturated carbocycles. The minimum atomic E-state index is 0.566. The molecule has 5 nitrogen and oxygen atoms in total. The van der Waals surface area contributed by atoms with Crippen LogP contribution in [0.2, 0.25) is 0 Å². The number of piperazine rings is 1. The first kappa shape index (κ1) is 19.2. The molecule has 4 rings (SSSR count). The molecule has 150 valence electrons. The molecule has 2 aromatic rings. The van der Waals surface area contributed by atoms with E-state index in [-0.39, 0.29) is 0 Å². The topological polar surface area (TPSA) is 40.6 Å². The summed E-state index contributed by atoms with van der Waals surface area (Å²) in [4.78, 5) is 9.60. The van der Waals surface area contributed by atoms with Crippen molar-refractivity contribution in [1.29, 1.82) is 0 Å². The SMILES string of the molecule is COc1cccc2c(C)cc(N3CCN(C(=S)NC4CCCCC4)CC3)nc12. The van der Waals surface area contributed by atoms with Crippen molar-refractivity contribution in [3.8, 4) is 5.75 Å². The third-order valence-electron chi connectivity index (χ3n) is 6.04. The van der Waals surface area contributed by atoms with Crippen molar-refractivity contribution in [1.82, 2.24) is 15.2 Å². The number of methoxy groups -OCH3 is 1. The van der Waals surface area contributed by atoms with Gasteiger partial charge in [0.25, 0.3) is 0 Å². The number of ether oxygens (including phenoxy) is 1. The van der Waals surface area contributed by atoms with Gasteiger partial charge in [0, 0.05) is 37.6 Å². The van der Waals surface area contributed by atoms with Gasteiger partial charge in [-0.3, -0.25) is 0 Å². The van der Waals surface area contributed by atoms with E-state index < -0.39 is 0 Å². The van der Waals surface area contributed by atoms with E-state index in [1.807, 2.05) is 12.1 Å². The van der Waals surface area contributed by atoms with Crippen LogP contribution in [0.5, 0.6) is 5.75 Å². The summed E-state index contributed by atoms with van der Waals surface area (Å²) < 4.78 is 5.53. The predicted molar refractivity (Wildman–Crippen MR) is 119 cm³/mol. The third-order valence-corrected chi connectivity index (χ3v) is 6.42. The maximum absolute atomic E-state index is 5.69. The lowest BCUT2D eigenvalue weighted by molar-refractivity contribution is 0.354. The van der Waals surface area contributed by atoms with Crippen LogP contribution in [-0.2, 0) is 0 Å². The Labute approximate surface area is 173 Å². The summed E-state index contributed by atoms with van der Waals surface area (Å²) in [5, 5.41) is 5.68. The number of fused-ring (bicyclic) bond motifs is 1. The van der Waals surface area contributed by atoms with Gasteiger partial charge in [0.2, 0.25) is 0 Å². The van der Waals surface area contributed by atoms with Crippen molar-refractivity contribution < 1.29 is 4.74 Å². The molecule has 6 heteroatoms. The van der Waals surface area contributed by atoms with E-state index in [0.29, 0.717) is 6.04 Å². The average Bonchev–Trinajstić information content (AvgIpc) is 2.74. The van der Waals surface area contributed by atoms with Gasteiger partial charge in [-0.15, -0.1) is 0 Å². The van der Waals surface area contributed by atoms with E-state index in [1.54, 1.807) is 7.11 Å². The normalized spacial score (nSPS) is 18.4. The average molecular weight is 399 g/mol. The Bertz CT molecular complexity index is 842. The van der Waals surface area contributed by atoms with Crippen LogP contribution >= 0.6 is 12.2 Å². The molecule has 0 bridgehead atoms. The second-order valence-corrected chi connectivity index (χ2v) is 8.30. The highest BCUT2D eigenvalue weighted by Gasteiger charge is 2.23. The number of rotatable bonds is 3. The molecule has 2 heterocycles. The van der Waals surface area contributed by atoms with E-state index in [2.05, 4.69) is 34.2 Å². The fourth-order valence-electron chi connectivity index (χ4n) is 4.35. The Morgan fingerprint density at radius 1 is 1.14 bits per heavy atom. The molecule has 2 aliphatic rings. The summed E-state index contributed by atoms with van der Waals surface area (Å²) >= 11 is 5.69. The van der Waals surface area contributed by atoms with Gasteiger partial charge in [-0.05, 0) is 49.7 Å². The highest BCUT2D eigenvalue weighted by atomic mass is 32.1. The van der Waals surface area contributed by atoms with Crippen molar-refractivity contribution >= 4 is 34.1 Å². The Kier molecular flexibility index (Phi) is 5.85. The Morgan fingerprint density at radius 3 is 2.61 bits per heavy atom. The molecule has 0 unspecified atom stereocenters. The molecular weight excluding hydrogens is 368 g/mol. The van der Waals surface area contributed by atoms with Crippen molar-refractivity contribution in [3.05, 3.63) is 29.8 Å². The first-order valence-electron chi connectivity index (χ1n) is 10.4. The summed E-state index contributed by atoms with van der Waals surface area (Å²) in [5.41, 5.74) is 2.17. The molecule has 2 fully saturated rings. The van der Waals surface area contributed by atoms with E-state index in [0.717, 1.165) is 53.8 Å². The van der Waals surface area contributed by atoms with Crippen LogP contribution in [0.3, 0.4) is 0 Å². The second-order valence-electron chi connectivity index (χ2n) is 7.91. The number of thiocarbonyl (C=S) groups is 1. The highest BCUT2D eigenvalue weighted by Crippen LogP contribution is 2.29. The van der Waals surface area contributed by atoms with Gasteiger partial charge in [-0.1, -0.05) is 31.4 Å². The van der Waals surface area contributed by atoms with Crippen molar-refractivity contribution in [2.45, 2.75) is 45.1 Å². The van der Waals surface area contributed by atoms with Gasteiger partial charge in [0.15, 0.2) is 5.11 Å². The summed E-state index contributed by atoms with van der Waals surface area (Å²) in [6.45, 7) is 5.87. The van der Waals surface area contributed by atoms with Gasteiger partial charge in [-0.25, -0.2) is 4.98 Å². The zero-order chi connectivity index (χ0) is 19.5. The summed E-state index contributed by atoms with van der Waals surface area (Å²) in [7, 11) is 1.71. The lowest BCUT2D eigenvalue weighted by Gasteiger charge is -2.38. The van der Waals surface area contributed by atoms with Crippen LogP contribution in [0.15, 0.2) is 24.3 Å². The molecular formula is C22H30N4OS. The Balaban J connectivity index is 1.42. The van der Waals surface area contributed by atoms with Gasteiger partial charge in [0.1, 0.15) is 17.1 Å². The van der Waals surface area contributed by atoms with Crippen LogP contribution in [-0.4, -0.2) is 54.3 Å². The quantitative estimate of drug-likeness (QED) is 0.792. The van der Waals surface area contributed by atoms with Crippen LogP contribution in [0.1, 0.15) is 37.7 Å². The lowest BCUT2D eigenvalue weighted by Crippen LogP contribution is -2.53. The fourth-order valence-corrected chi connectivity index (χ4v) is 4.70. The minimum absolute atomic E-state index is 0.566. The second kappa shape index (κ2) is 8.52. The molecule has 1 saturated heterocycles. The highest BCUT2D eigenvalue weighted by molar-refractivity contribution is 7.80. The number of nitrogens with one attached hydrogen (secondary N) is 1. The maximum Gasteiger partial charge on any atom is 0.169 e. The molecule has 1 aromatic heterocycles. The molecule has 0 radical (unpaired) electrons. The number of benzene rings is 1. The molecule has 1 aliphatic heterocycles. The largest absolute Gasteiger partial charge is 0.494 e. The van der Waals surface area contributed by atoms with Crippen molar-refractivity contribution in [2.75, 3.05) is 38.2 Å². The van der Waals surface area contributed by atoms with Gasteiger partial charge in [-0.2, -0.15) is 0 Å². The molecule has 0 atom stereocenters. The molecule has 0 amide bonds. The molecule has 1 aliphatic carbocycles. The first-order chi connectivity index (χ1) is 13.7.